The van der Waals surface area contributed by atoms with Crippen molar-refractivity contribution in [1.82, 2.24) is 5.32 Å². The number of amides is 2. The summed E-state index contributed by atoms with van der Waals surface area (Å²) in [5, 5.41) is 5.63. The molecule has 1 aliphatic heterocycles. The molecular formula is C16H20N2O2S. The van der Waals surface area contributed by atoms with Crippen LogP contribution in [0.3, 0.4) is 0 Å². The van der Waals surface area contributed by atoms with Crippen molar-refractivity contribution in [2.24, 2.45) is 0 Å². The summed E-state index contributed by atoms with van der Waals surface area (Å²) in [5.74, 6) is -0.0774. The summed E-state index contributed by atoms with van der Waals surface area (Å²) in [6.45, 7) is 0. The molecule has 1 fully saturated rings. The first-order valence-corrected chi connectivity index (χ1v) is 8.46. The van der Waals surface area contributed by atoms with E-state index < -0.39 is 0 Å². The van der Waals surface area contributed by atoms with Crippen molar-refractivity contribution in [3.8, 4) is 0 Å². The molecule has 21 heavy (non-hydrogen) atoms. The predicted octanol–water partition coefficient (Wildman–Crippen LogP) is 2.94. The van der Waals surface area contributed by atoms with Crippen LogP contribution in [0, 0.1) is 0 Å². The van der Waals surface area contributed by atoms with Gasteiger partial charge in [-0.3, -0.25) is 9.59 Å². The Balaban J connectivity index is 1.57. The van der Waals surface area contributed by atoms with Gasteiger partial charge in [-0.25, -0.2) is 0 Å². The maximum absolute atomic E-state index is 12.1. The van der Waals surface area contributed by atoms with Gasteiger partial charge >= 0.3 is 0 Å². The van der Waals surface area contributed by atoms with E-state index in [1.54, 1.807) is 0 Å². The van der Waals surface area contributed by atoms with Gasteiger partial charge in [0.1, 0.15) is 0 Å². The highest BCUT2D eigenvalue weighted by Gasteiger charge is 2.29. The average Bonchev–Trinajstić information content (AvgIpc) is 2.49. The molecule has 5 heteroatoms. The van der Waals surface area contributed by atoms with E-state index >= 15 is 0 Å². The molecule has 1 saturated carbocycles. The van der Waals surface area contributed by atoms with Gasteiger partial charge < -0.3 is 10.6 Å². The SMILES string of the molecule is O=C(CC1Sc2ccccc2NC1=O)NC1CCCCC1. The molecule has 0 radical (unpaired) electrons. The summed E-state index contributed by atoms with van der Waals surface area (Å²) >= 11 is 1.48. The average molecular weight is 304 g/mol. The highest BCUT2D eigenvalue weighted by molar-refractivity contribution is 8.01. The van der Waals surface area contributed by atoms with E-state index in [-0.39, 0.29) is 23.5 Å². The van der Waals surface area contributed by atoms with E-state index in [0.29, 0.717) is 6.04 Å². The summed E-state index contributed by atoms with van der Waals surface area (Å²) in [4.78, 5) is 25.2. The lowest BCUT2D eigenvalue weighted by Gasteiger charge is -2.26. The number of rotatable bonds is 3. The van der Waals surface area contributed by atoms with Gasteiger partial charge in [0.05, 0.1) is 10.9 Å². The van der Waals surface area contributed by atoms with Crippen LogP contribution in [-0.4, -0.2) is 23.1 Å². The first-order valence-electron chi connectivity index (χ1n) is 7.58. The molecule has 4 nitrogen and oxygen atoms in total. The second-order valence-electron chi connectivity index (χ2n) is 5.70. The molecular weight excluding hydrogens is 284 g/mol. The second-order valence-corrected chi connectivity index (χ2v) is 6.94. The topological polar surface area (TPSA) is 58.2 Å². The minimum absolute atomic E-state index is 0.00562. The van der Waals surface area contributed by atoms with Gasteiger partial charge in [-0.15, -0.1) is 11.8 Å². The monoisotopic (exact) mass is 304 g/mol. The van der Waals surface area contributed by atoms with E-state index in [2.05, 4.69) is 10.6 Å². The summed E-state index contributed by atoms with van der Waals surface area (Å²) in [5.41, 5.74) is 0.844. The molecule has 1 aromatic rings. The Morgan fingerprint density at radius 2 is 2.00 bits per heavy atom. The van der Waals surface area contributed by atoms with Crippen molar-refractivity contribution in [2.75, 3.05) is 5.32 Å². The lowest BCUT2D eigenvalue weighted by atomic mass is 9.95. The zero-order valence-electron chi connectivity index (χ0n) is 11.9. The number of nitrogens with one attached hydrogen (secondary N) is 2. The van der Waals surface area contributed by atoms with Crippen molar-refractivity contribution in [3.63, 3.8) is 0 Å². The van der Waals surface area contributed by atoms with Gasteiger partial charge in [0, 0.05) is 17.4 Å². The number of carbonyl (C=O) groups excluding carboxylic acids is 2. The van der Waals surface area contributed by atoms with Crippen molar-refractivity contribution < 1.29 is 9.59 Å². The highest BCUT2D eigenvalue weighted by Crippen LogP contribution is 2.36. The minimum Gasteiger partial charge on any atom is -0.353 e. The van der Waals surface area contributed by atoms with Gasteiger partial charge in [-0.1, -0.05) is 31.4 Å². The molecule has 0 saturated heterocycles. The molecule has 2 amide bonds. The van der Waals surface area contributed by atoms with E-state index in [0.717, 1.165) is 23.4 Å². The Hall–Kier alpha value is -1.49. The van der Waals surface area contributed by atoms with Crippen molar-refractivity contribution >= 4 is 29.3 Å². The lowest BCUT2D eigenvalue weighted by molar-refractivity contribution is -0.124. The van der Waals surface area contributed by atoms with Gasteiger partial charge in [0.15, 0.2) is 0 Å². The zero-order chi connectivity index (χ0) is 14.7. The Labute approximate surface area is 129 Å². The number of hydrogen-bond donors (Lipinski definition) is 2. The standard InChI is InChI=1S/C16H20N2O2S/c19-15(17-11-6-2-1-3-7-11)10-14-16(20)18-12-8-4-5-9-13(12)21-14/h4-5,8-9,11,14H,1-3,6-7,10H2,(H,17,19)(H,18,20). The first kappa shape index (κ1) is 14.4. The molecule has 0 bridgehead atoms. The van der Waals surface area contributed by atoms with Crippen molar-refractivity contribution in [2.45, 2.75) is 54.7 Å². The number of fused-ring (bicyclic) bond motifs is 1. The third-order valence-corrected chi connectivity index (χ3v) is 5.32. The summed E-state index contributed by atoms with van der Waals surface area (Å²) in [7, 11) is 0. The molecule has 0 spiro atoms. The highest BCUT2D eigenvalue weighted by atomic mass is 32.2. The minimum atomic E-state index is -0.330. The van der Waals surface area contributed by atoms with Gasteiger partial charge in [-0.05, 0) is 25.0 Å². The van der Waals surface area contributed by atoms with Gasteiger partial charge in [0.2, 0.25) is 11.8 Å². The van der Waals surface area contributed by atoms with Crippen LogP contribution in [0.1, 0.15) is 38.5 Å². The lowest BCUT2D eigenvalue weighted by Crippen LogP contribution is -2.40. The molecule has 1 aliphatic carbocycles. The van der Waals surface area contributed by atoms with Crippen LogP contribution in [0.2, 0.25) is 0 Å². The molecule has 112 valence electrons. The van der Waals surface area contributed by atoms with Crippen LogP contribution in [0.25, 0.3) is 0 Å². The Bertz CT molecular complexity index is 541. The smallest absolute Gasteiger partial charge is 0.238 e. The maximum atomic E-state index is 12.1. The van der Waals surface area contributed by atoms with Crippen LogP contribution < -0.4 is 10.6 Å². The molecule has 2 aliphatic rings. The Morgan fingerprint density at radius 3 is 2.81 bits per heavy atom. The van der Waals surface area contributed by atoms with Crippen LogP contribution in [0.15, 0.2) is 29.2 Å². The van der Waals surface area contributed by atoms with E-state index in [9.17, 15) is 9.59 Å². The summed E-state index contributed by atoms with van der Waals surface area (Å²) in [6.07, 6.45) is 6.04. The van der Waals surface area contributed by atoms with Crippen LogP contribution in [0.4, 0.5) is 5.69 Å². The number of carbonyl (C=O) groups is 2. The van der Waals surface area contributed by atoms with E-state index in [1.807, 2.05) is 24.3 Å². The normalized spacial score (nSPS) is 22.3. The number of benzene rings is 1. The van der Waals surface area contributed by atoms with Crippen LogP contribution in [-0.2, 0) is 9.59 Å². The fraction of sp³-hybridized carbons (Fsp3) is 0.500. The summed E-state index contributed by atoms with van der Waals surface area (Å²) in [6, 6.07) is 8.01. The number of thioether (sulfide) groups is 1. The molecule has 1 atom stereocenters. The molecule has 1 aromatic carbocycles. The van der Waals surface area contributed by atoms with Crippen LogP contribution in [0.5, 0.6) is 0 Å². The van der Waals surface area contributed by atoms with Crippen molar-refractivity contribution in [1.29, 1.82) is 0 Å². The van der Waals surface area contributed by atoms with E-state index in [4.69, 9.17) is 0 Å². The Kier molecular flexibility index (Phi) is 4.48. The van der Waals surface area contributed by atoms with Gasteiger partial charge in [0.25, 0.3) is 0 Å². The molecule has 2 N–H and O–H groups in total. The predicted molar refractivity (Wildman–Crippen MR) is 84.3 cm³/mol. The zero-order valence-corrected chi connectivity index (χ0v) is 12.7. The third kappa shape index (κ3) is 3.59. The third-order valence-electron chi connectivity index (χ3n) is 4.05. The van der Waals surface area contributed by atoms with Crippen molar-refractivity contribution in [3.05, 3.63) is 24.3 Å². The van der Waals surface area contributed by atoms with E-state index in [1.165, 1.54) is 31.0 Å². The second kappa shape index (κ2) is 6.52. The van der Waals surface area contributed by atoms with Gasteiger partial charge in [-0.2, -0.15) is 0 Å². The number of hydrogen-bond acceptors (Lipinski definition) is 3. The fourth-order valence-electron chi connectivity index (χ4n) is 2.93. The first-order chi connectivity index (χ1) is 10.2. The number of para-hydroxylation sites is 1. The molecule has 3 rings (SSSR count). The Morgan fingerprint density at radius 1 is 1.24 bits per heavy atom. The quantitative estimate of drug-likeness (QED) is 0.902. The summed E-state index contributed by atoms with van der Waals surface area (Å²) < 4.78 is 0. The molecule has 0 aromatic heterocycles. The van der Waals surface area contributed by atoms with Crippen LogP contribution >= 0.6 is 11.8 Å². The molecule has 1 unspecified atom stereocenters. The fourth-order valence-corrected chi connectivity index (χ4v) is 4.04. The largest absolute Gasteiger partial charge is 0.353 e. The molecule has 1 heterocycles. The number of anilines is 1. The maximum Gasteiger partial charge on any atom is 0.238 e.